The number of imidazole rings is 1. The third kappa shape index (κ3) is 5.02. The largest absolute Gasteiger partial charge is 0.481 e. The van der Waals surface area contributed by atoms with Gasteiger partial charge < -0.3 is 15.7 Å². The molecule has 2 aromatic heterocycles. The van der Waals surface area contributed by atoms with E-state index in [0.29, 0.717) is 28.7 Å². The van der Waals surface area contributed by atoms with Crippen LogP contribution >= 0.6 is 0 Å². The van der Waals surface area contributed by atoms with Gasteiger partial charge in [-0.15, -0.1) is 0 Å². The van der Waals surface area contributed by atoms with Crippen molar-refractivity contribution in [3.63, 3.8) is 0 Å². The molecule has 10 nitrogen and oxygen atoms in total. The van der Waals surface area contributed by atoms with Crippen molar-refractivity contribution < 1.29 is 19.6 Å². The molecule has 188 valence electrons. The third-order valence-corrected chi connectivity index (χ3v) is 7.00. The van der Waals surface area contributed by atoms with Crippen LogP contribution in [-0.4, -0.2) is 37.3 Å². The quantitative estimate of drug-likeness (QED) is 0.288. The number of hydrogen-bond donors (Lipinski definition) is 3. The van der Waals surface area contributed by atoms with Gasteiger partial charge in [-0.3, -0.25) is 24.1 Å². The van der Waals surface area contributed by atoms with Gasteiger partial charge in [0.05, 0.1) is 28.6 Å². The lowest BCUT2D eigenvalue weighted by Crippen LogP contribution is -2.30. The van der Waals surface area contributed by atoms with E-state index in [1.807, 2.05) is 10.6 Å². The number of amides is 1. The number of nitro benzene ring substituents is 1. The van der Waals surface area contributed by atoms with E-state index in [2.05, 4.69) is 10.6 Å². The van der Waals surface area contributed by atoms with Crippen LogP contribution in [0.2, 0.25) is 0 Å². The molecule has 0 radical (unpaired) electrons. The molecule has 2 fully saturated rings. The molecule has 1 amide bonds. The van der Waals surface area contributed by atoms with Crippen molar-refractivity contribution in [3.05, 3.63) is 69.5 Å². The van der Waals surface area contributed by atoms with Gasteiger partial charge in [0.2, 0.25) is 0 Å². The Morgan fingerprint density at radius 2 is 1.92 bits per heavy atom. The summed E-state index contributed by atoms with van der Waals surface area (Å²) in [5, 5.41) is 27.1. The molecule has 2 saturated carbocycles. The molecule has 2 heterocycles. The molecule has 0 aliphatic heterocycles. The fraction of sp³-hybridized carbons (Fsp3) is 0.423. The van der Waals surface area contributed by atoms with Crippen LogP contribution in [0.15, 0.2) is 42.6 Å². The Morgan fingerprint density at radius 3 is 2.61 bits per heavy atom. The predicted octanol–water partition coefficient (Wildman–Crippen LogP) is 4.81. The summed E-state index contributed by atoms with van der Waals surface area (Å²) in [6.45, 7) is 0. The van der Waals surface area contributed by atoms with Crippen molar-refractivity contribution in [3.8, 4) is 0 Å². The average Bonchev–Trinajstić information content (AvgIpc) is 3.65. The number of hydrogen-bond acceptors (Lipinski definition) is 6. The molecule has 0 bridgehead atoms. The van der Waals surface area contributed by atoms with E-state index in [9.17, 15) is 24.8 Å². The van der Waals surface area contributed by atoms with E-state index in [1.54, 1.807) is 18.2 Å². The summed E-state index contributed by atoms with van der Waals surface area (Å²) in [7, 11) is 0. The molecule has 1 unspecified atom stereocenters. The SMILES string of the molecule is O=C(O)CC(NC(=O)c1cccn2c(NC3CCCCC3)c(C3CC3)nc12)c1cccc([N+](=O)[O-])c1. The summed E-state index contributed by atoms with van der Waals surface area (Å²) >= 11 is 0. The van der Waals surface area contributed by atoms with E-state index >= 15 is 0 Å². The molecule has 0 spiro atoms. The number of non-ortho nitro benzene ring substituents is 1. The lowest BCUT2D eigenvalue weighted by atomic mass is 9.95. The standard InChI is InChI=1S/C26H29N5O5/c32-22(33)15-21(17-6-4-9-19(14-17)31(35)36)28-26(34)20-10-5-13-30-24(20)29-23(16-11-12-16)25(30)27-18-7-2-1-3-8-18/h4-6,9-10,13-14,16,18,21,27H,1-3,7-8,11-12,15H2,(H,28,34)(H,32,33). The van der Waals surface area contributed by atoms with Gasteiger partial charge in [-0.1, -0.05) is 31.4 Å². The van der Waals surface area contributed by atoms with Crippen molar-refractivity contribution in [1.82, 2.24) is 14.7 Å². The maximum atomic E-state index is 13.4. The minimum absolute atomic E-state index is 0.167. The van der Waals surface area contributed by atoms with E-state index < -0.39 is 29.3 Å². The molecule has 0 saturated heterocycles. The number of fused-ring (bicyclic) bond motifs is 1. The van der Waals surface area contributed by atoms with Crippen LogP contribution in [0.3, 0.4) is 0 Å². The highest BCUT2D eigenvalue weighted by Crippen LogP contribution is 2.44. The van der Waals surface area contributed by atoms with Crippen molar-refractivity contribution >= 4 is 29.0 Å². The summed E-state index contributed by atoms with van der Waals surface area (Å²) in [4.78, 5) is 40.5. The highest BCUT2D eigenvalue weighted by atomic mass is 16.6. The number of aliphatic carboxylic acids is 1. The smallest absolute Gasteiger partial charge is 0.305 e. The van der Waals surface area contributed by atoms with Gasteiger partial charge in [0.1, 0.15) is 5.82 Å². The lowest BCUT2D eigenvalue weighted by molar-refractivity contribution is -0.384. The first-order valence-corrected chi connectivity index (χ1v) is 12.4. The summed E-state index contributed by atoms with van der Waals surface area (Å²) in [6.07, 6.45) is 9.49. The Hall–Kier alpha value is -3.95. The van der Waals surface area contributed by atoms with Crippen LogP contribution in [0, 0.1) is 10.1 Å². The Bertz CT molecular complexity index is 1310. The number of carboxylic acids is 1. The fourth-order valence-corrected chi connectivity index (χ4v) is 5.01. The first-order valence-electron chi connectivity index (χ1n) is 12.4. The van der Waals surface area contributed by atoms with Crippen molar-refractivity contribution in [2.24, 2.45) is 0 Å². The number of carboxylic acid groups (broad SMARTS) is 1. The number of aromatic nitrogens is 2. The number of pyridine rings is 1. The number of nitrogens with one attached hydrogen (secondary N) is 2. The minimum atomic E-state index is -1.12. The fourth-order valence-electron chi connectivity index (χ4n) is 5.01. The zero-order chi connectivity index (χ0) is 25.2. The number of benzene rings is 1. The van der Waals surface area contributed by atoms with Gasteiger partial charge in [0.15, 0.2) is 5.65 Å². The number of carbonyl (C=O) groups is 2. The monoisotopic (exact) mass is 491 g/mol. The van der Waals surface area contributed by atoms with Gasteiger partial charge in [0, 0.05) is 30.3 Å². The average molecular weight is 492 g/mol. The van der Waals surface area contributed by atoms with E-state index in [1.165, 1.54) is 37.5 Å². The zero-order valence-corrected chi connectivity index (χ0v) is 19.9. The summed E-state index contributed by atoms with van der Waals surface area (Å²) in [5.41, 5.74) is 2.01. The second-order valence-corrected chi connectivity index (χ2v) is 9.69. The van der Waals surface area contributed by atoms with Gasteiger partial charge in [-0.25, -0.2) is 4.98 Å². The minimum Gasteiger partial charge on any atom is -0.481 e. The molecule has 1 atom stereocenters. The Labute approximate surface area is 207 Å². The Balaban J connectivity index is 1.47. The van der Waals surface area contributed by atoms with E-state index in [0.717, 1.165) is 37.2 Å². The maximum Gasteiger partial charge on any atom is 0.305 e. The normalized spacial score (nSPS) is 17.0. The second-order valence-electron chi connectivity index (χ2n) is 9.69. The molecule has 3 N–H and O–H groups in total. The lowest BCUT2D eigenvalue weighted by Gasteiger charge is -2.24. The van der Waals surface area contributed by atoms with Crippen LogP contribution in [0.25, 0.3) is 5.65 Å². The highest BCUT2D eigenvalue weighted by molar-refractivity contribution is 6.00. The molecule has 2 aliphatic rings. The first-order chi connectivity index (χ1) is 17.4. The summed E-state index contributed by atoms with van der Waals surface area (Å²) in [6, 6.07) is 8.57. The van der Waals surface area contributed by atoms with Gasteiger partial charge >= 0.3 is 5.97 Å². The van der Waals surface area contributed by atoms with Gasteiger partial charge in [0.25, 0.3) is 11.6 Å². The maximum absolute atomic E-state index is 13.4. The summed E-state index contributed by atoms with van der Waals surface area (Å²) in [5.74, 6) is -0.290. The molecule has 1 aromatic carbocycles. The molecular weight excluding hydrogens is 462 g/mol. The predicted molar refractivity (Wildman–Crippen MR) is 133 cm³/mol. The molecule has 36 heavy (non-hydrogen) atoms. The number of carbonyl (C=O) groups excluding carboxylic acids is 1. The first kappa shape index (κ1) is 23.8. The van der Waals surface area contributed by atoms with Crippen LogP contribution in [0.4, 0.5) is 11.5 Å². The number of nitro groups is 1. The van der Waals surface area contributed by atoms with E-state index in [-0.39, 0.29) is 5.69 Å². The second kappa shape index (κ2) is 9.96. The Kier molecular flexibility index (Phi) is 6.58. The Morgan fingerprint density at radius 1 is 1.14 bits per heavy atom. The zero-order valence-electron chi connectivity index (χ0n) is 19.9. The molecule has 5 rings (SSSR count). The molecule has 3 aromatic rings. The van der Waals surface area contributed by atoms with Gasteiger partial charge in [-0.05, 0) is 43.4 Å². The van der Waals surface area contributed by atoms with Crippen molar-refractivity contribution in [1.29, 1.82) is 0 Å². The molecule has 2 aliphatic carbocycles. The summed E-state index contributed by atoms with van der Waals surface area (Å²) < 4.78 is 1.93. The van der Waals surface area contributed by atoms with Crippen LogP contribution in [-0.2, 0) is 4.79 Å². The van der Waals surface area contributed by atoms with Crippen LogP contribution in [0.5, 0.6) is 0 Å². The molecule has 10 heteroatoms. The van der Waals surface area contributed by atoms with Crippen molar-refractivity contribution in [2.75, 3.05) is 5.32 Å². The highest BCUT2D eigenvalue weighted by Gasteiger charge is 2.32. The molecular formula is C26H29N5O5. The number of nitrogens with zero attached hydrogens (tertiary/aromatic N) is 3. The van der Waals surface area contributed by atoms with Gasteiger partial charge in [-0.2, -0.15) is 0 Å². The van der Waals surface area contributed by atoms with Crippen LogP contribution < -0.4 is 10.6 Å². The van der Waals surface area contributed by atoms with E-state index in [4.69, 9.17) is 4.98 Å². The van der Waals surface area contributed by atoms with Crippen molar-refractivity contribution in [2.45, 2.75) is 69.4 Å². The topological polar surface area (TPSA) is 139 Å². The number of anilines is 1. The third-order valence-electron chi connectivity index (χ3n) is 7.00. The van der Waals surface area contributed by atoms with Crippen LogP contribution in [0.1, 0.15) is 84.9 Å². The number of rotatable bonds is 9.